The number of urea groups is 1. The minimum absolute atomic E-state index is 0.00440. The molecule has 2 amide bonds. The number of hydrogen-bond acceptors (Lipinski definition) is 4. The van der Waals surface area contributed by atoms with Crippen molar-refractivity contribution in [3.05, 3.63) is 0 Å². The first-order chi connectivity index (χ1) is 9.04. The average molecular weight is 273 g/mol. The molecule has 19 heavy (non-hydrogen) atoms. The number of aliphatic hydroxyl groups excluding tert-OH is 1. The molecule has 0 aromatic carbocycles. The number of carboxylic acids is 1. The zero-order valence-corrected chi connectivity index (χ0v) is 11.3. The minimum atomic E-state index is -1.14. The smallest absolute Gasteiger partial charge is 0.326 e. The Kier molecular flexibility index (Phi) is 6.58. The molecule has 7 nitrogen and oxygen atoms in total. The maximum absolute atomic E-state index is 11.6. The lowest BCUT2D eigenvalue weighted by Crippen LogP contribution is -2.49. The van der Waals surface area contributed by atoms with Crippen LogP contribution in [0.3, 0.4) is 0 Å². The van der Waals surface area contributed by atoms with Gasteiger partial charge in [-0.1, -0.05) is 0 Å². The first-order valence-corrected chi connectivity index (χ1v) is 6.66. The summed E-state index contributed by atoms with van der Waals surface area (Å²) in [6.07, 6.45) is 2.38. The third kappa shape index (κ3) is 5.44. The predicted octanol–water partition coefficient (Wildman–Crippen LogP) is -0.394. The summed E-state index contributed by atoms with van der Waals surface area (Å²) in [6, 6.07) is -1.31. The Hall–Kier alpha value is -1.34. The zero-order chi connectivity index (χ0) is 14.3. The van der Waals surface area contributed by atoms with Crippen LogP contribution in [-0.4, -0.2) is 65.4 Å². The molecule has 0 spiro atoms. The van der Waals surface area contributed by atoms with Gasteiger partial charge in [0.2, 0.25) is 0 Å². The van der Waals surface area contributed by atoms with Crippen LogP contribution in [0.4, 0.5) is 4.79 Å². The molecule has 1 saturated heterocycles. The summed E-state index contributed by atoms with van der Waals surface area (Å²) in [5.41, 5.74) is 0. The number of carbonyl (C=O) groups excluding carboxylic acids is 1. The van der Waals surface area contributed by atoms with E-state index in [0.717, 1.165) is 13.1 Å². The van der Waals surface area contributed by atoms with E-state index >= 15 is 0 Å². The van der Waals surface area contributed by atoms with Gasteiger partial charge >= 0.3 is 12.0 Å². The van der Waals surface area contributed by atoms with Crippen LogP contribution in [0.1, 0.15) is 26.2 Å². The number of carboxylic acid groups (broad SMARTS) is 1. The second kappa shape index (κ2) is 7.96. The molecule has 0 aromatic heterocycles. The highest BCUT2D eigenvalue weighted by Crippen LogP contribution is 2.10. The molecular formula is C12H23N3O4. The summed E-state index contributed by atoms with van der Waals surface area (Å²) in [4.78, 5) is 24.7. The van der Waals surface area contributed by atoms with Gasteiger partial charge in [-0.2, -0.15) is 0 Å². The number of hydrogen-bond donors (Lipinski definition) is 4. The van der Waals surface area contributed by atoms with E-state index in [9.17, 15) is 9.59 Å². The first kappa shape index (κ1) is 15.7. The molecule has 0 aromatic rings. The molecule has 1 rings (SSSR count). The lowest BCUT2D eigenvalue weighted by molar-refractivity contribution is -0.139. The Bertz CT molecular complexity index is 305. The lowest BCUT2D eigenvalue weighted by Gasteiger charge is -2.24. The first-order valence-electron chi connectivity index (χ1n) is 6.66. The van der Waals surface area contributed by atoms with Crippen molar-refractivity contribution >= 4 is 12.0 Å². The topological polar surface area (TPSA) is 102 Å². The fraction of sp³-hybridized carbons (Fsp3) is 0.833. The second-order valence-electron chi connectivity index (χ2n) is 4.85. The standard InChI is InChI=1S/C12H23N3O4/c1-9(15-5-2-3-6-15)8-13-12(19)14-10(4-7-16)11(17)18/h9-10,16H,2-8H2,1H3,(H,17,18)(H2,13,14,19). The number of nitrogens with one attached hydrogen (secondary N) is 2. The van der Waals surface area contributed by atoms with Crippen LogP contribution in [0.5, 0.6) is 0 Å². The van der Waals surface area contributed by atoms with Crippen LogP contribution in [0.2, 0.25) is 0 Å². The van der Waals surface area contributed by atoms with Crippen LogP contribution in [0.15, 0.2) is 0 Å². The zero-order valence-electron chi connectivity index (χ0n) is 11.3. The van der Waals surface area contributed by atoms with Gasteiger partial charge in [0.1, 0.15) is 6.04 Å². The molecule has 0 saturated carbocycles. The van der Waals surface area contributed by atoms with Gasteiger partial charge in [0.25, 0.3) is 0 Å². The maximum atomic E-state index is 11.6. The molecule has 4 N–H and O–H groups in total. The van der Waals surface area contributed by atoms with Crippen LogP contribution < -0.4 is 10.6 Å². The lowest BCUT2D eigenvalue weighted by atomic mass is 10.2. The number of rotatable bonds is 7. The van der Waals surface area contributed by atoms with Crippen molar-refractivity contribution in [2.75, 3.05) is 26.2 Å². The van der Waals surface area contributed by atoms with Gasteiger partial charge in [0, 0.05) is 25.6 Å². The van der Waals surface area contributed by atoms with Gasteiger partial charge in [-0.3, -0.25) is 4.90 Å². The van der Waals surface area contributed by atoms with Crippen molar-refractivity contribution in [2.24, 2.45) is 0 Å². The Morgan fingerprint density at radius 2 is 1.95 bits per heavy atom. The number of carbonyl (C=O) groups is 2. The Labute approximate surface area is 113 Å². The number of nitrogens with zero attached hydrogens (tertiary/aromatic N) is 1. The summed E-state index contributed by atoms with van der Waals surface area (Å²) >= 11 is 0. The van der Waals surface area contributed by atoms with Crippen LogP contribution in [0, 0.1) is 0 Å². The van der Waals surface area contributed by atoms with Gasteiger partial charge in [-0.15, -0.1) is 0 Å². The van der Waals surface area contributed by atoms with Gasteiger partial charge in [-0.05, 0) is 32.9 Å². The van der Waals surface area contributed by atoms with Crippen molar-refractivity contribution in [2.45, 2.75) is 38.3 Å². The average Bonchev–Trinajstić information content (AvgIpc) is 2.89. The van der Waals surface area contributed by atoms with Gasteiger partial charge in [0.05, 0.1) is 0 Å². The highest BCUT2D eigenvalue weighted by atomic mass is 16.4. The third-order valence-corrected chi connectivity index (χ3v) is 3.34. The monoisotopic (exact) mass is 273 g/mol. The SMILES string of the molecule is CC(CNC(=O)NC(CCO)C(=O)O)N1CCCC1. The van der Waals surface area contributed by atoms with Crippen LogP contribution in [0.25, 0.3) is 0 Å². The largest absolute Gasteiger partial charge is 0.480 e. The summed E-state index contributed by atoms with van der Waals surface area (Å²) in [7, 11) is 0. The van der Waals surface area contributed by atoms with E-state index in [0.29, 0.717) is 6.54 Å². The molecular weight excluding hydrogens is 250 g/mol. The van der Waals surface area contributed by atoms with Crippen molar-refractivity contribution in [3.63, 3.8) is 0 Å². The molecule has 110 valence electrons. The fourth-order valence-corrected chi connectivity index (χ4v) is 2.15. The van der Waals surface area contributed by atoms with E-state index in [1.54, 1.807) is 0 Å². The molecule has 7 heteroatoms. The van der Waals surface area contributed by atoms with Gasteiger partial charge in [0.15, 0.2) is 0 Å². The van der Waals surface area contributed by atoms with Gasteiger partial charge in [-0.25, -0.2) is 9.59 Å². The highest BCUT2D eigenvalue weighted by molar-refractivity contribution is 5.82. The molecule has 2 unspecified atom stereocenters. The summed E-state index contributed by atoms with van der Waals surface area (Å²) < 4.78 is 0. The summed E-state index contributed by atoms with van der Waals surface area (Å²) in [5.74, 6) is -1.14. The summed E-state index contributed by atoms with van der Waals surface area (Å²) in [5, 5.41) is 22.6. The van der Waals surface area contributed by atoms with Gasteiger partial charge < -0.3 is 20.8 Å². The van der Waals surface area contributed by atoms with E-state index in [-0.39, 0.29) is 19.1 Å². The third-order valence-electron chi connectivity index (χ3n) is 3.34. The normalized spacial score (nSPS) is 18.8. The molecule has 1 aliphatic heterocycles. The number of aliphatic carboxylic acids is 1. The molecule has 0 aliphatic carbocycles. The van der Waals surface area contributed by atoms with E-state index in [2.05, 4.69) is 15.5 Å². The van der Waals surface area contributed by atoms with Crippen molar-refractivity contribution in [3.8, 4) is 0 Å². The fourth-order valence-electron chi connectivity index (χ4n) is 2.15. The van der Waals surface area contributed by atoms with E-state index in [1.807, 2.05) is 6.92 Å². The quantitative estimate of drug-likeness (QED) is 0.506. The second-order valence-corrected chi connectivity index (χ2v) is 4.85. The molecule has 2 atom stereocenters. The molecule has 1 heterocycles. The molecule has 1 aliphatic rings. The summed E-state index contributed by atoms with van der Waals surface area (Å²) in [6.45, 7) is 4.34. The Morgan fingerprint density at radius 3 is 2.47 bits per heavy atom. The molecule has 0 bridgehead atoms. The van der Waals surface area contributed by atoms with Crippen molar-refractivity contribution < 1.29 is 19.8 Å². The number of aliphatic hydroxyl groups is 1. The Morgan fingerprint density at radius 1 is 1.32 bits per heavy atom. The predicted molar refractivity (Wildman–Crippen MR) is 69.9 cm³/mol. The van der Waals surface area contributed by atoms with E-state index < -0.39 is 18.0 Å². The Balaban J connectivity index is 2.27. The van der Waals surface area contributed by atoms with Crippen LogP contribution >= 0.6 is 0 Å². The van der Waals surface area contributed by atoms with E-state index in [1.165, 1.54) is 12.8 Å². The highest BCUT2D eigenvalue weighted by Gasteiger charge is 2.21. The van der Waals surface area contributed by atoms with Crippen LogP contribution in [-0.2, 0) is 4.79 Å². The maximum Gasteiger partial charge on any atom is 0.326 e. The minimum Gasteiger partial charge on any atom is -0.480 e. The van der Waals surface area contributed by atoms with Crippen molar-refractivity contribution in [1.82, 2.24) is 15.5 Å². The molecule has 0 radical (unpaired) electrons. The van der Waals surface area contributed by atoms with E-state index in [4.69, 9.17) is 10.2 Å². The van der Waals surface area contributed by atoms with Crippen molar-refractivity contribution in [1.29, 1.82) is 0 Å². The molecule has 1 fully saturated rings. The number of amides is 2. The number of likely N-dealkylation sites (tertiary alicyclic amines) is 1.